The zero-order chi connectivity index (χ0) is 25.4. The highest BCUT2D eigenvalue weighted by Gasteiger charge is 2.19. The number of carbonyl (C=O) groups is 3. The summed E-state index contributed by atoms with van der Waals surface area (Å²) in [4.78, 5) is 36.4. The van der Waals surface area contributed by atoms with Gasteiger partial charge in [-0.05, 0) is 48.9 Å². The summed E-state index contributed by atoms with van der Waals surface area (Å²) in [7, 11) is 2.79. The van der Waals surface area contributed by atoms with Crippen LogP contribution in [0.2, 0.25) is 0 Å². The Morgan fingerprint density at radius 1 is 0.829 bits per heavy atom. The Kier molecular flexibility index (Phi) is 8.12. The summed E-state index contributed by atoms with van der Waals surface area (Å²) in [6, 6.07) is 16.7. The molecule has 35 heavy (non-hydrogen) atoms. The highest BCUT2D eigenvalue weighted by Crippen LogP contribution is 2.38. The summed E-state index contributed by atoms with van der Waals surface area (Å²) in [6.07, 6.45) is 0. The topological polar surface area (TPSA) is 141 Å². The monoisotopic (exact) mass is 478 g/mol. The molecule has 0 atom stereocenters. The van der Waals surface area contributed by atoms with Crippen LogP contribution in [0.15, 0.2) is 60.7 Å². The van der Waals surface area contributed by atoms with Crippen LogP contribution in [0.25, 0.3) is 0 Å². The summed E-state index contributed by atoms with van der Waals surface area (Å²) in [5.41, 5.74) is 7.79. The molecule has 0 saturated heterocycles. The number of para-hydroxylation sites is 1. The number of nitrogens with one attached hydrogen (secondary N) is 3. The standard InChI is InChI=1S/C25H26N4O6/c1-15-9-10-18(28-25(32)27-17-7-5-4-6-8-17)13-19(15)29-24(31)16-11-20(33-2)23(21(12-16)34-3)35-14-22(26)30/h4-13H,14H2,1-3H3,(H2,26,30)(H,29,31)(H2,27,28,32). The Morgan fingerprint density at radius 2 is 1.46 bits per heavy atom. The number of rotatable bonds is 9. The normalized spacial score (nSPS) is 10.1. The molecule has 4 amide bonds. The molecule has 0 aliphatic heterocycles. The van der Waals surface area contributed by atoms with Gasteiger partial charge in [-0.15, -0.1) is 0 Å². The maximum Gasteiger partial charge on any atom is 0.323 e. The van der Waals surface area contributed by atoms with Crippen molar-refractivity contribution in [2.45, 2.75) is 6.92 Å². The molecular formula is C25H26N4O6. The second-order valence-electron chi connectivity index (χ2n) is 7.39. The lowest BCUT2D eigenvalue weighted by molar-refractivity contribution is -0.120. The number of nitrogens with two attached hydrogens (primary N) is 1. The fourth-order valence-electron chi connectivity index (χ4n) is 3.14. The maximum atomic E-state index is 13.0. The van der Waals surface area contributed by atoms with Crippen molar-refractivity contribution in [3.63, 3.8) is 0 Å². The van der Waals surface area contributed by atoms with Gasteiger partial charge in [-0.1, -0.05) is 24.3 Å². The minimum atomic E-state index is -0.669. The van der Waals surface area contributed by atoms with Crippen molar-refractivity contribution in [3.05, 3.63) is 71.8 Å². The quantitative estimate of drug-likeness (QED) is 0.369. The first-order chi connectivity index (χ1) is 16.8. The van der Waals surface area contributed by atoms with Crippen LogP contribution in [0, 0.1) is 6.92 Å². The highest BCUT2D eigenvalue weighted by molar-refractivity contribution is 6.06. The predicted molar refractivity (Wildman–Crippen MR) is 132 cm³/mol. The SMILES string of the molecule is COc1cc(C(=O)Nc2cc(NC(=O)Nc3ccccc3)ccc2C)cc(OC)c1OCC(N)=O. The van der Waals surface area contributed by atoms with E-state index in [4.69, 9.17) is 19.9 Å². The van der Waals surface area contributed by atoms with Gasteiger partial charge in [0.1, 0.15) is 0 Å². The molecule has 3 rings (SSSR count). The third-order valence-corrected chi connectivity index (χ3v) is 4.86. The molecule has 5 N–H and O–H groups in total. The summed E-state index contributed by atoms with van der Waals surface area (Å²) in [5.74, 6) is -0.576. The molecule has 0 unspecified atom stereocenters. The van der Waals surface area contributed by atoms with E-state index in [1.54, 1.807) is 30.3 Å². The molecule has 182 valence electrons. The molecule has 10 heteroatoms. The van der Waals surface area contributed by atoms with Gasteiger partial charge < -0.3 is 35.9 Å². The fraction of sp³-hybridized carbons (Fsp3) is 0.160. The van der Waals surface area contributed by atoms with Crippen LogP contribution in [-0.2, 0) is 4.79 Å². The van der Waals surface area contributed by atoms with Crippen LogP contribution in [0.5, 0.6) is 17.2 Å². The number of aryl methyl sites for hydroxylation is 1. The molecule has 0 radical (unpaired) electrons. The van der Waals surface area contributed by atoms with Gasteiger partial charge >= 0.3 is 6.03 Å². The number of benzene rings is 3. The third-order valence-electron chi connectivity index (χ3n) is 4.86. The number of hydrogen-bond donors (Lipinski definition) is 4. The van der Waals surface area contributed by atoms with Crippen LogP contribution in [0.1, 0.15) is 15.9 Å². The van der Waals surface area contributed by atoms with Crippen molar-refractivity contribution in [2.24, 2.45) is 5.73 Å². The van der Waals surface area contributed by atoms with Gasteiger partial charge in [0.25, 0.3) is 11.8 Å². The fourth-order valence-corrected chi connectivity index (χ4v) is 3.14. The van der Waals surface area contributed by atoms with Gasteiger partial charge in [0.15, 0.2) is 18.1 Å². The predicted octanol–water partition coefficient (Wildman–Crippen LogP) is 3.77. The summed E-state index contributed by atoms with van der Waals surface area (Å²) in [5, 5.41) is 8.30. The van der Waals surface area contributed by atoms with Gasteiger partial charge in [0.05, 0.1) is 14.2 Å². The van der Waals surface area contributed by atoms with Crippen molar-refractivity contribution in [1.82, 2.24) is 0 Å². The molecule has 3 aromatic carbocycles. The van der Waals surface area contributed by atoms with Crippen molar-refractivity contribution in [3.8, 4) is 17.2 Å². The zero-order valence-electron chi connectivity index (χ0n) is 19.5. The molecule has 0 aromatic heterocycles. The van der Waals surface area contributed by atoms with Gasteiger partial charge in [0.2, 0.25) is 5.75 Å². The van der Waals surface area contributed by atoms with Crippen molar-refractivity contribution in [2.75, 3.05) is 36.8 Å². The summed E-state index contributed by atoms with van der Waals surface area (Å²) >= 11 is 0. The van der Waals surface area contributed by atoms with Gasteiger partial charge in [-0.25, -0.2) is 4.79 Å². The number of carbonyl (C=O) groups excluding carboxylic acids is 3. The second-order valence-corrected chi connectivity index (χ2v) is 7.39. The van der Waals surface area contributed by atoms with Gasteiger partial charge in [0, 0.05) is 22.6 Å². The van der Waals surface area contributed by atoms with Crippen molar-refractivity contribution >= 4 is 34.9 Å². The maximum absolute atomic E-state index is 13.0. The van der Waals surface area contributed by atoms with Crippen LogP contribution in [-0.4, -0.2) is 38.7 Å². The third kappa shape index (κ3) is 6.64. The van der Waals surface area contributed by atoms with Crippen LogP contribution in [0.4, 0.5) is 21.9 Å². The lowest BCUT2D eigenvalue weighted by atomic mass is 10.1. The van der Waals surface area contributed by atoms with E-state index in [9.17, 15) is 14.4 Å². The molecule has 0 spiro atoms. The second kappa shape index (κ2) is 11.4. The molecule has 10 nitrogen and oxygen atoms in total. The Hall–Kier alpha value is -4.73. The Labute approximate surface area is 202 Å². The van der Waals surface area contributed by atoms with Crippen LogP contribution < -0.4 is 35.9 Å². The van der Waals surface area contributed by atoms with Gasteiger partial charge in [-0.3, -0.25) is 9.59 Å². The minimum Gasteiger partial charge on any atom is -0.493 e. The lowest BCUT2D eigenvalue weighted by Crippen LogP contribution is -2.21. The number of ether oxygens (including phenoxy) is 3. The Balaban J connectivity index is 1.77. The molecular weight excluding hydrogens is 452 g/mol. The van der Waals surface area contributed by atoms with E-state index in [1.807, 2.05) is 25.1 Å². The Bertz CT molecular complexity index is 1200. The molecule has 3 aromatic rings. The molecule has 0 fully saturated rings. The first-order valence-electron chi connectivity index (χ1n) is 10.5. The number of primary amides is 1. The smallest absolute Gasteiger partial charge is 0.323 e. The van der Waals surface area contributed by atoms with Crippen molar-refractivity contribution in [1.29, 1.82) is 0 Å². The van der Waals surface area contributed by atoms with E-state index < -0.39 is 17.8 Å². The van der Waals surface area contributed by atoms with E-state index in [0.29, 0.717) is 17.1 Å². The van der Waals surface area contributed by atoms with E-state index in [0.717, 1.165) is 5.56 Å². The number of hydrogen-bond acceptors (Lipinski definition) is 6. The van der Waals surface area contributed by atoms with Crippen LogP contribution in [0.3, 0.4) is 0 Å². The lowest BCUT2D eigenvalue weighted by Gasteiger charge is -2.16. The molecule has 0 heterocycles. The number of anilines is 3. The van der Waals surface area contributed by atoms with Crippen molar-refractivity contribution < 1.29 is 28.6 Å². The van der Waals surface area contributed by atoms with E-state index >= 15 is 0 Å². The zero-order valence-corrected chi connectivity index (χ0v) is 19.5. The summed E-state index contributed by atoms with van der Waals surface area (Å²) in [6.45, 7) is 1.44. The first kappa shape index (κ1) is 24.9. The summed E-state index contributed by atoms with van der Waals surface area (Å²) < 4.78 is 16.0. The molecule has 0 aliphatic rings. The van der Waals surface area contributed by atoms with E-state index in [-0.39, 0.29) is 29.4 Å². The minimum absolute atomic E-state index is 0.150. The number of urea groups is 1. The number of methoxy groups -OCH3 is 2. The average Bonchev–Trinajstić information content (AvgIpc) is 2.84. The number of amides is 4. The highest BCUT2D eigenvalue weighted by atomic mass is 16.5. The largest absolute Gasteiger partial charge is 0.493 e. The Morgan fingerprint density at radius 3 is 2.06 bits per heavy atom. The van der Waals surface area contributed by atoms with E-state index in [1.165, 1.54) is 26.4 Å². The molecule has 0 aliphatic carbocycles. The van der Waals surface area contributed by atoms with Crippen LogP contribution >= 0.6 is 0 Å². The average molecular weight is 479 g/mol. The van der Waals surface area contributed by atoms with Gasteiger partial charge in [-0.2, -0.15) is 0 Å². The first-order valence-corrected chi connectivity index (χ1v) is 10.5. The van der Waals surface area contributed by atoms with E-state index in [2.05, 4.69) is 16.0 Å². The molecule has 0 saturated carbocycles. The molecule has 0 bridgehead atoms.